The van der Waals surface area contributed by atoms with E-state index in [1.807, 2.05) is 6.08 Å². The Bertz CT molecular complexity index is 138. The lowest BCUT2D eigenvalue weighted by molar-refractivity contribution is 0.159. The molecule has 1 aliphatic rings. The molecule has 0 aromatic rings. The van der Waals surface area contributed by atoms with Crippen LogP contribution >= 0.6 is 0 Å². The smallest absolute Gasteiger partial charge is 0.0893 e. The van der Waals surface area contributed by atoms with E-state index in [1.54, 1.807) is 0 Å². The number of nitrogens with two attached hydrogens (primary N) is 1. The van der Waals surface area contributed by atoms with Crippen LogP contribution in [0.15, 0.2) is 23.8 Å². The molecule has 0 aromatic carbocycles. The highest BCUT2D eigenvalue weighted by molar-refractivity contribution is 5.17. The van der Waals surface area contributed by atoms with Gasteiger partial charge in [-0.15, -0.1) is 0 Å². The van der Waals surface area contributed by atoms with Crippen LogP contribution in [0.25, 0.3) is 0 Å². The fourth-order valence-corrected chi connectivity index (χ4v) is 0.880. The molecule has 0 radical (unpaired) electrons. The molecule has 9 heavy (non-hydrogen) atoms. The number of rotatable bonds is 2. The molecule has 0 unspecified atom stereocenters. The quantitative estimate of drug-likeness (QED) is 0.562. The van der Waals surface area contributed by atoms with Crippen LogP contribution < -0.4 is 5.90 Å². The molecule has 0 fully saturated rings. The Kier molecular flexibility index (Phi) is 2.48. The van der Waals surface area contributed by atoms with Gasteiger partial charge in [-0.05, 0) is 18.4 Å². The first-order chi connectivity index (χ1) is 4.43. The molecule has 0 amide bonds. The SMILES string of the molecule is NOCC1=CC=CCC1. The van der Waals surface area contributed by atoms with Gasteiger partial charge in [0.25, 0.3) is 0 Å². The summed E-state index contributed by atoms with van der Waals surface area (Å²) in [5, 5.41) is 0. The van der Waals surface area contributed by atoms with Crippen LogP contribution in [-0.4, -0.2) is 6.61 Å². The average molecular weight is 125 g/mol. The maximum Gasteiger partial charge on any atom is 0.0893 e. The van der Waals surface area contributed by atoms with Gasteiger partial charge in [0.15, 0.2) is 0 Å². The van der Waals surface area contributed by atoms with Crippen molar-refractivity contribution in [3.8, 4) is 0 Å². The van der Waals surface area contributed by atoms with Crippen LogP contribution in [0.4, 0.5) is 0 Å². The van der Waals surface area contributed by atoms with E-state index in [0.29, 0.717) is 6.61 Å². The molecule has 0 saturated heterocycles. The van der Waals surface area contributed by atoms with Crippen molar-refractivity contribution >= 4 is 0 Å². The molecular formula is C7H11NO. The van der Waals surface area contributed by atoms with Gasteiger partial charge in [0, 0.05) is 0 Å². The minimum absolute atomic E-state index is 0.574. The fraction of sp³-hybridized carbons (Fsp3) is 0.429. The Balaban J connectivity index is 2.38. The molecule has 0 aliphatic heterocycles. The summed E-state index contributed by atoms with van der Waals surface area (Å²) in [6, 6.07) is 0. The summed E-state index contributed by atoms with van der Waals surface area (Å²) in [6.45, 7) is 0.574. The van der Waals surface area contributed by atoms with Crippen molar-refractivity contribution in [1.29, 1.82) is 0 Å². The van der Waals surface area contributed by atoms with E-state index in [4.69, 9.17) is 5.90 Å². The molecule has 0 spiro atoms. The third kappa shape index (κ3) is 2.00. The zero-order chi connectivity index (χ0) is 6.53. The minimum atomic E-state index is 0.574. The highest BCUT2D eigenvalue weighted by Crippen LogP contribution is 2.10. The number of hydrogen-bond acceptors (Lipinski definition) is 2. The molecule has 0 atom stereocenters. The van der Waals surface area contributed by atoms with E-state index >= 15 is 0 Å². The lowest BCUT2D eigenvalue weighted by atomic mass is 10.1. The lowest BCUT2D eigenvalue weighted by Gasteiger charge is -2.05. The van der Waals surface area contributed by atoms with Gasteiger partial charge in [0.05, 0.1) is 6.61 Å². The van der Waals surface area contributed by atoms with Crippen LogP contribution in [-0.2, 0) is 4.84 Å². The molecule has 0 bridgehead atoms. The zero-order valence-electron chi connectivity index (χ0n) is 5.34. The maximum atomic E-state index is 4.89. The molecule has 1 rings (SSSR count). The van der Waals surface area contributed by atoms with E-state index in [1.165, 1.54) is 5.57 Å². The molecule has 1 aliphatic carbocycles. The van der Waals surface area contributed by atoms with Crippen molar-refractivity contribution in [2.75, 3.05) is 6.61 Å². The molecule has 0 heterocycles. The standard InChI is InChI=1S/C7H11NO/c8-9-6-7-4-2-1-3-5-7/h1-2,4H,3,5-6,8H2. The number of hydrogen-bond donors (Lipinski definition) is 1. The van der Waals surface area contributed by atoms with E-state index in [2.05, 4.69) is 17.0 Å². The first-order valence-electron chi connectivity index (χ1n) is 3.10. The summed E-state index contributed by atoms with van der Waals surface area (Å²) in [5.41, 5.74) is 1.28. The first kappa shape index (κ1) is 6.52. The van der Waals surface area contributed by atoms with Gasteiger partial charge in [-0.2, -0.15) is 0 Å². The van der Waals surface area contributed by atoms with Gasteiger partial charge in [0.1, 0.15) is 0 Å². The Labute approximate surface area is 55.0 Å². The molecule has 2 nitrogen and oxygen atoms in total. The fourth-order valence-electron chi connectivity index (χ4n) is 0.880. The normalized spacial score (nSPS) is 17.7. The summed E-state index contributed by atoms with van der Waals surface area (Å²) in [6.07, 6.45) is 8.44. The van der Waals surface area contributed by atoms with Crippen LogP contribution in [0.2, 0.25) is 0 Å². The van der Waals surface area contributed by atoms with Gasteiger partial charge in [0.2, 0.25) is 0 Å². The predicted octanol–water partition coefficient (Wildman–Crippen LogP) is 1.15. The van der Waals surface area contributed by atoms with Gasteiger partial charge in [-0.1, -0.05) is 18.2 Å². The average Bonchev–Trinajstić information content (AvgIpc) is 1.91. The van der Waals surface area contributed by atoms with Crippen LogP contribution in [0.1, 0.15) is 12.8 Å². The predicted molar refractivity (Wildman–Crippen MR) is 36.6 cm³/mol. The van der Waals surface area contributed by atoms with E-state index < -0.39 is 0 Å². The monoisotopic (exact) mass is 125 g/mol. The Morgan fingerprint density at radius 2 is 2.56 bits per heavy atom. The molecule has 2 N–H and O–H groups in total. The van der Waals surface area contributed by atoms with Crippen molar-refractivity contribution in [3.63, 3.8) is 0 Å². The third-order valence-corrected chi connectivity index (χ3v) is 1.37. The van der Waals surface area contributed by atoms with E-state index in [-0.39, 0.29) is 0 Å². The summed E-state index contributed by atoms with van der Waals surface area (Å²) >= 11 is 0. The second-order valence-electron chi connectivity index (χ2n) is 2.10. The van der Waals surface area contributed by atoms with Crippen molar-refractivity contribution in [2.45, 2.75) is 12.8 Å². The summed E-state index contributed by atoms with van der Waals surface area (Å²) < 4.78 is 0. The van der Waals surface area contributed by atoms with Gasteiger partial charge < -0.3 is 4.84 Å². The minimum Gasteiger partial charge on any atom is -0.300 e. The Morgan fingerprint density at radius 1 is 1.67 bits per heavy atom. The van der Waals surface area contributed by atoms with Crippen molar-refractivity contribution in [3.05, 3.63) is 23.8 Å². The Morgan fingerprint density at radius 3 is 3.11 bits per heavy atom. The topological polar surface area (TPSA) is 35.2 Å². The molecule has 50 valence electrons. The van der Waals surface area contributed by atoms with Gasteiger partial charge in [-0.3, -0.25) is 0 Å². The molecule has 2 heteroatoms. The lowest BCUT2D eigenvalue weighted by Crippen LogP contribution is -2.04. The van der Waals surface area contributed by atoms with Crippen LogP contribution in [0.5, 0.6) is 0 Å². The van der Waals surface area contributed by atoms with Crippen molar-refractivity contribution in [1.82, 2.24) is 0 Å². The highest BCUT2D eigenvalue weighted by Gasteiger charge is 1.96. The maximum absolute atomic E-state index is 4.89. The molecule has 0 aromatic heterocycles. The number of allylic oxidation sites excluding steroid dienone is 3. The molecular weight excluding hydrogens is 114 g/mol. The second-order valence-corrected chi connectivity index (χ2v) is 2.10. The van der Waals surface area contributed by atoms with Gasteiger partial charge in [-0.25, -0.2) is 5.90 Å². The van der Waals surface area contributed by atoms with E-state index in [9.17, 15) is 0 Å². The van der Waals surface area contributed by atoms with E-state index in [0.717, 1.165) is 12.8 Å². The summed E-state index contributed by atoms with van der Waals surface area (Å²) in [4.78, 5) is 4.48. The highest BCUT2D eigenvalue weighted by atomic mass is 16.6. The largest absolute Gasteiger partial charge is 0.300 e. The summed E-state index contributed by atoms with van der Waals surface area (Å²) in [7, 11) is 0. The molecule has 0 saturated carbocycles. The zero-order valence-corrected chi connectivity index (χ0v) is 5.34. The van der Waals surface area contributed by atoms with Crippen LogP contribution in [0.3, 0.4) is 0 Å². The first-order valence-corrected chi connectivity index (χ1v) is 3.10. The summed E-state index contributed by atoms with van der Waals surface area (Å²) in [5.74, 6) is 4.89. The van der Waals surface area contributed by atoms with Crippen molar-refractivity contribution in [2.24, 2.45) is 5.90 Å². The van der Waals surface area contributed by atoms with Crippen LogP contribution in [0, 0.1) is 0 Å². The third-order valence-electron chi connectivity index (χ3n) is 1.37. The Hall–Kier alpha value is -0.600. The van der Waals surface area contributed by atoms with Gasteiger partial charge >= 0.3 is 0 Å². The van der Waals surface area contributed by atoms with Crippen molar-refractivity contribution < 1.29 is 4.84 Å². The second kappa shape index (κ2) is 3.43.